The first-order valence-corrected chi connectivity index (χ1v) is 9.94. The topological polar surface area (TPSA) is 72.8 Å². The Morgan fingerprint density at radius 1 is 1.07 bits per heavy atom. The minimum atomic E-state index is -0.412. The zero-order valence-corrected chi connectivity index (χ0v) is 16.6. The first-order valence-electron chi connectivity index (χ1n) is 9.94. The predicted molar refractivity (Wildman–Crippen MR) is 111 cm³/mol. The zero-order valence-electron chi connectivity index (χ0n) is 16.6. The van der Waals surface area contributed by atoms with Gasteiger partial charge in [-0.15, -0.1) is 0 Å². The fourth-order valence-corrected chi connectivity index (χ4v) is 3.55. The molecule has 1 aliphatic carbocycles. The monoisotopic (exact) mass is 394 g/mol. The number of ketones is 1. The number of aromatic hydroxyl groups is 1. The van der Waals surface area contributed by atoms with Crippen LogP contribution in [0.2, 0.25) is 0 Å². The van der Waals surface area contributed by atoms with Gasteiger partial charge < -0.3 is 14.6 Å². The lowest BCUT2D eigenvalue weighted by molar-refractivity contribution is 0.0600. The third-order valence-electron chi connectivity index (χ3n) is 5.21. The van der Waals surface area contributed by atoms with E-state index < -0.39 is 5.97 Å². The van der Waals surface area contributed by atoms with Gasteiger partial charge in [-0.05, 0) is 54.7 Å². The first kappa shape index (κ1) is 20.6. The van der Waals surface area contributed by atoms with Crippen molar-refractivity contribution in [3.63, 3.8) is 0 Å². The number of methoxy groups -OCH3 is 1. The van der Waals surface area contributed by atoms with Gasteiger partial charge in [0.1, 0.15) is 17.1 Å². The lowest BCUT2D eigenvalue weighted by Crippen LogP contribution is -2.16. The minimum Gasteiger partial charge on any atom is -0.507 e. The van der Waals surface area contributed by atoms with Gasteiger partial charge in [0.05, 0.1) is 19.3 Å². The molecule has 152 valence electrons. The maximum absolute atomic E-state index is 12.7. The maximum Gasteiger partial charge on any atom is 0.337 e. The Labute approximate surface area is 171 Å². The Morgan fingerprint density at radius 2 is 1.79 bits per heavy atom. The molecule has 0 bridgehead atoms. The van der Waals surface area contributed by atoms with E-state index in [-0.39, 0.29) is 17.1 Å². The molecule has 0 aliphatic heterocycles. The molecule has 0 radical (unpaired) electrons. The maximum atomic E-state index is 12.7. The van der Waals surface area contributed by atoms with Crippen molar-refractivity contribution in [2.45, 2.75) is 32.1 Å². The van der Waals surface area contributed by atoms with Crippen LogP contribution in [0.5, 0.6) is 11.5 Å². The number of benzene rings is 2. The number of esters is 1. The second-order valence-electron chi connectivity index (χ2n) is 7.28. The fraction of sp³-hybridized carbons (Fsp3) is 0.333. The molecule has 3 rings (SSSR count). The molecule has 0 atom stereocenters. The van der Waals surface area contributed by atoms with E-state index in [1.807, 2.05) is 0 Å². The quantitative estimate of drug-likeness (QED) is 0.405. The molecule has 5 heteroatoms. The molecule has 5 nitrogen and oxygen atoms in total. The van der Waals surface area contributed by atoms with Crippen LogP contribution < -0.4 is 4.74 Å². The molecule has 2 aromatic carbocycles. The van der Waals surface area contributed by atoms with Gasteiger partial charge in [0.25, 0.3) is 0 Å². The van der Waals surface area contributed by atoms with Gasteiger partial charge in [0, 0.05) is 0 Å². The Hall–Kier alpha value is -3.08. The number of hydrogen-bond acceptors (Lipinski definition) is 5. The number of ether oxygens (including phenoxy) is 2. The molecule has 0 aromatic heterocycles. The summed E-state index contributed by atoms with van der Waals surface area (Å²) >= 11 is 0. The summed E-state index contributed by atoms with van der Waals surface area (Å²) in [4.78, 5) is 24.2. The molecule has 1 aliphatic rings. The third-order valence-corrected chi connectivity index (χ3v) is 5.21. The van der Waals surface area contributed by atoms with Crippen molar-refractivity contribution in [3.05, 3.63) is 65.2 Å². The second kappa shape index (κ2) is 9.92. The smallest absolute Gasteiger partial charge is 0.337 e. The molecule has 29 heavy (non-hydrogen) atoms. The SMILES string of the molecule is COC(=O)c1ccc(/C=C/C(=O)c2c(O)cccc2OCC2CCCCC2)cc1. The number of allylic oxidation sites excluding steroid dienone is 1. The Balaban J connectivity index is 1.71. The summed E-state index contributed by atoms with van der Waals surface area (Å²) in [7, 11) is 1.33. The average molecular weight is 394 g/mol. The average Bonchev–Trinajstić information content (AvgIpc) is 2.76. The van der Waals surface area contributed by atoms with E-state index in [1.165, 1.54) is 38.5 Å². The van der Waals surface area contributed by atoms with E-state index in [9.17, 15) is 14.7 Å². The highest BCUT2D eigenvalue weighted by atomic mass is 16.5. The summed E-state index contributed by atoms with van der Waals surface area (Å²) < 4.78 is 10.6. The van der Waals surface area contributed by atoms with Crippen LogP contribution in [0.1, 0.15) is 58.4 Å². The summed E-state index contributed by atoms with van der Waals surface area (Å²) in [6.45, 7) is 0.558. The van der Waals surface area contributed by atoms with Crippen LogP contribution >= 0.6 is 0 Å². The molecule has 1 fully saturated rings. The van der Waals surface area contributed by atoms with Crippen LogP contribution in [0.15, 0.2) is 48.5 Å². The molecule has 1 saturated carbocycles. The van der Waals surface area contributed by atoms with Crippen molar-refractivity contribution in [1.82, 2.24) is 0 Å². The summed E-state index contributed by atoms with van der Waals surface area (Å²) in [6.07, 6.45) is 9.04. The van der Waals surface area contributed by atoms with Gasteiger partial charge in [0.15, 0.2) is 5.78 Å². The van der Waals surface area contributed by atoms with E-state index in [0.717, 1.165) is 18.4 Å². The van der Waals surface area contributed by atoms with Gasteiger partial charge in [-0.25, -0.2) is 4.79 Å². The fourth-order valence-electron chi connectivity index (χ4n) is 3.55. The highest BCUT2D eigenvalue weighted by molar-refractivity contribution is 6.10. The van der Waals surface area contributed by atoms with Crippen molar-refractivity contribution in [1.29, 1.82) is 0 Å². The van der Waals surface area contributed by atoms with E-state index in [1.54, 1.807) is 42.5 Å². The number of phenols is 1. The lowest BCUT2D eigenvalue weighted by atomic mass is 9.90. The molecule has 0 amide bonds. The third kappa shape index (κ3) is 5.47. The normalized spacial score (nSPS) is 14.7. The lowest BCUT2D eigenvalue weighted by Gasteiger charge is -2.22. The number of phenolic OH excluding ortho intramolecular Hbond substituents is 1. The standard InChI is InChI=1S/C24H26O5/c1-28-24(27)19-13-10-17(11-14-19)12-15-21(26)23-20(25)8-5-9-22(23)29-16-18-6-3-2-4-7-18/h5,8-15,18,25H,2-4,6-7,16H2,1H3/b15-12+. The highest BCUT2D eigenvalue weighted by Gasteiger charge is 2.18. The minimum absolute atomic E-state index is 0.0955. The van der Waals surface area contributed by atoms with E-state index in [0.29, 0.717) is 23.8 Å². The van der Waals surface area contributed by atoms with Gasteiger partial charge >= 0.3 is 5.97 Å². The molecule has 0 saturated heterocycles. The zero-order chi connectivity index (χ0) is 20.6. The molecule has 0 spiro atoms. The Kier molecular flexibility index (Phi) is 7.06. The van der Waals surface area contributed by atoms with E-state index in [2.05, 4.69) is 4.74 Å². The van der Waals surface area contributed by atoms with Crippen LogP contribution in [-0.2, 0) is 4.74 Å². The number of rotatable bonds is 7. The summed E-state index contributed by atoms with van der Waals surface area (Å²) in [5.41, 5.74) is 1.37. The molecule has 1 N–H and O–H groups in total. The number of hydrogen-bond donors (Lipinski definition) is 1. The van der Waals surface area contributed by atoms with Crippen molar-refractivity contribution in [3.8, 4) is 11.5 Å². The van der Waals surface area contributed by atoms with Gasteiger partial charge in [0.2, 0.25) is 0 Å². The van der Waals surface area contributed by atoms with Gasteiger partial charge in [-0.3, -0.25) is 4.79 Å². The van der Waals surface area contributed by atoms with E-state index >= 15 is 0 Å². The summed E-state index contributed by atoms with van der Waals surface area (Å²) in [5, 5.41) is 10.2. The molecule has 2 aromatic rings. The molecule has 0 heterocycles. The molecular weight excluding hydrogens is 368 g/mol. The number of carbonyl (C=O) groups is 2. The van der Waals surface area contributed by atoms with Crippen molar-refractivity contribution in [2.75, 3.05) is 13.7 Å². The number of carbonyl (C=O) groups excluding carboxylic acids is 2. The van der Waals surface area contributed by atoms with Crippen molar-refractivity contribution >= 4 is 17.8 Å². The van der Waals surface area contributed by atoms with E-state index in [4.69, 9.17) is 4.74 Å². The summed E-state index contributed by atoms with van der Waals surface area (Å²) in [6, 6.07) is 11.6. The highest BCUT2D eigenvalue weighted by Crippen LogP contribution is 2.30. The van der Waals surface area contributed by atoms with Crippen molar-refractivity contribution < 1.29 is 24.2 Å². The van der Waals surface area contributed by atoms with Crippen LogP contribution in [0, 0.1) is 5.92 Å². The first-order chi connectivity index (χ1) is 14.1. The van der Waals surface area contributed by atoms with Crippen LogP contribution in [0.4, 0.5) is 0 Å². The van der Waals surface area contributed by atoms with Crippen LogP contribution in [-0.4, -0.2) is 30.6 Å². The summed E-state index contributed by atoms with van der Waals surface area (Å²) in [5.74, 6) is 0.0652. The Morgan fingerprint density at radius 3 is 2.48 bits per heavy atom. The predicted octanol–water partition coefficient (Wildman–Crippen LogP) is 5.03. The van der Waals surface area contributed by atoms with Crippen LogP contribution in [0.25, 0.3) is 6.08 Å². The van der Waals surface area contributed by atoms with Gasteiger partial charge in [-0.1, -0.05) is 43.5 Å². The van der Waals surface area contributed by atoms with Crippen LogP contribution in [0.3, 0.4) is 0 Å². The molecule has 0 unspecified atom stereocenters. The second-order valence-corrected chi connectivity index (χ2v) is 7.28. The van der Waals surface area contributed by atoms with Crippen molar-refractivity contribution in [2.24, 2.45) is 5.92 Å². The molecular formula is C24H26O5. The Bertz CT molecular complexity index is 877. The van der Waals surface area contributed by atoms with Gasteiger partial charge in [-0.2, -0.15) is 0 Å². The largest absolute Gasteiger partial charge is 0.507 e.